The summed E-state index contributed by atoms with van der Waals surface area (Å²) in [6.45, 7) is 0.433. The summed E-state index contributed by atoms with van der Waals surface area (Å²) in [6.07, 6.45) is 6.28. The van der Waals surface area contributed by atoms with Gasteiger partial charge in [-0.3, -0.25) is 4.68 Å². The second-order valence-electron chi connectivity index (χ2n) is 6.69. The zero-order chi connectivity index (χ0) is 16.7. The molecule has 0 radical (unpaired) electrons. The van der Waals surface area contributed by atoms with E-state index in [0.717, 1.165) is 25.7 Å². The zero-order valence-electron chi connectivity index (χ0n) is 13.7. The van der Waals surface area contributed by atoms with Gasteiger partial charge in [0.15, 0.2) is 0 Å². The molecule has 3 rings (SSSR count). The fourth-order valence-corrected chi connectivity index (χ4v) is 5.40. The Balaban J connectivity index is 1.99. The normalized spacial score (nSPS) is 26.4. The zero-order valence-corrected chi connectivity index (χ0v) is 14.5. The lowest BCUT2D eigenvalue weighted by molar-refractivity contribution is 0.0823. The molecule has 1 N–H and O–H groups in total. The summed E-state index contributed by atoms with van der Waals surface area (Å²) in [6, 6.07) is 0. The van der Waals surface area contributed by atoms with Crippen molar-refractivity contribution in [3.05, 3.63) is 11.9 Å². The lowest BCUT2D eigenvalue weighted by Gasteiger charge is -2.34. The molecular weight excluding hydrogens is 318 g/mol. The molecule has 130 valence electrons. The van der Waals surface area contributed by atoms with Crippen molar-refractivity contribution in [2.24, 2.45) is 7.05 Å². The number of hydrogen-bond donors (Lipinski definition) is 1. The Labute approximate surface area is 137 Å². The Morgan fingerprint density at radius 1 is 1.48 bits per heavy atom. The van der Waals surface area contributed by atoms with Crippen LogP contribution in [0.3, 0.4) is 0 Å². The van der Waals surface area contributed by atoms with Gasteiger partial charge < -0.3 is 9.84 Å². The van der Waals surface area contributed by atoms with Crippen LogP contribution in [0, 0.1) is 0 Å². The fraction of sp³-hybridized carbons (Fsp3) is 0.800. The Bertz CT molecular complexity index is 658. The maximum atomic E-state index is 13.2. The number of aromatic nitrogens is 2. The summed E-state index contributed by atoms with van der Waals surface area (Å²) in [5.41, 5.74) is -0.203. The van der Waals surface area contributed by atoms with E-state index in [4.69, 9.17) is 4.74 Å². The number of hydrogen-bond acceptors (Lipinski definition) is 5. The number of nitrogens with zero attached hydrogens (tertiary/aromatic N) is 3. The molecule has 2 heterocycles. The molecule has 1 aliphatic carbocycles. The fourth-order valence-electron chi connectivity index (χ4n) is 3.64. The van der Waals surface area contributed by atoms with Crippen LogP contribution in [0.2, 0.25) is 0 Å². The Kier molecular flexibility index (Phi) is 4.52. The van der Waals surface area contributed by atoms with Crippen LogP contribution in [0.4, 0.5) is 0 Å². The Hall–Kier alpha value is -0.960. The van der Waals surface area contributed by atoms with Crippen molar-refractivity contribution < 1.29 is 18.3 Å². The molecule has 7 nitrogen and oxygen atoms in total. The molecule has 0 amide bonds. The van der Waals surface area contributed by atoms with Crippen LogP contribution in [0.5, 0.6) is 0 Å². The second-order valence-corrected chi connectivity index (χ2v) is 8.63. The summed E-state index contributed by atoms with van der Waals surface area (Å²) >= 11 is 0. The summed E-state index contributed by atoms with van der Waals surface area (Å²) in [4.78, 5) is 0.272. The van der Waals surface area contributed by atoms with E-state index in [1.807, 2.05) is 0 Å². The van der Waals surface area contributed by atoms with Crippen LogP contribution in [-0.2, 0) is 21.8 Å². The third-order valence-electron chi connectivity index (χ3n) is 5.25. The van der Waals surface area contributed by atoms with Crippen molar-refractivity contribution >= 4 is 10.0 Å². The molecule has 2 fully saturated rings. The van der Waals surface area contributed by atoms with Gasteiger partial charge >= 0.3 is 0 Å². The molecule has 1 aromatic heterocycles. The summed E-state index contributed by atoms with van der Waals surface area (Å²) in [5.74, 6) is 0.208. The summed E-state index contributed by atoms with van der Waals surface area (Å²) in [5, 5.41) is 14.2. The second kappa shape index (κ2) is 6.16. The quantitative estimate of drug-likeness (QED) is 0.857. The molecule has 1 saturated heterocycles. The minimum absolute atomic E-state index is 0.208. The molecule has 0 spiro atoms. The smallest absolute Gasteiger partial charge is 0.246 e. The molecule has 0 bridgehead atoms. The minimum Gasteiger partial charge on any atom is -0.394 e. The molecule has 8 heteroatoms. The van der Waals surface area contributed by atoms with Gasteiger partial charge in [0, 0.05) is 32.8 Å². The monoisotopic (exact) mass is 343 g/mol. The predicted octanol–water partition coefficient (Wildman–Crippen LogP) is 0.850. The van der Waals surface area contributed by atoms with Crippen molar-refractivity contribution in [3.63, 3.8) is 0 Å². The van der Waals surface area contributed by atoms with Crippen LogP contribution >= 0.6 is 0 Å². The van der Waals surface area contributed by atoms with Crippen molar-refractivity contribution in [1.82, 2.24) is 14.1 Å². The predicted molar refractivity (Wildman–Crippen MR) is 84.6 cm³/mol. The van der Waals surface area contributed by atoms with Gasteiger partial charge in [-0.05, 0) is 19.3 Å². The van der Waals surface area contributed by atoms with Crippen LogP contribution in [0.1, 0.15) is 43.7 Å². The van der Waals surface area contributed by atoms with Gasteiger partial charge in [0.25, 0.3) is 0 Å². The highest BCUT2D eigenvalue weighted by molar-refractivity contribution is 7.89. The first kappa shape index (κ1) is 16.9. The van der Waals surface area contributed by atoms with E-state index in [0.29, 0.717) is 18.7 Å². The number of ether oxygens (including phenoxy) is 1. The van der Waals surface area contributed by atoms with Crippen LogP contribution < -0.4 is 0 Å². The molecular formula is C15H25N3O4S. The van der Waals surface area contributed by atoms with Crippen LogP contribution in [0.25, 0.3) is 0 Å². The van der Waals surface area contributed by atoms with E-state index in [9.17, 15) is 13.5 Å². The average molecular weight is 343 g/mol. The largest absolute Gasteiger partial charge is 0.394 e. The molecule has 1 atom stereocenters. The Morgan fingerprint density at radius 2 is 2.17 bits per heavy atom. The molecule has 1 aromatic rings. The SMILES string of the molecule is CN(C1(CO)CCOC1)S(=O)(=O)c1cn(C)nc1C1CCCC1. The summed E-state index contributed by atoms with van der Waals surface area (Å²) in [7, 11) is -0.449. The highest BCUT2D eigenvalue weighted by Crippen LogP contribution is 2.38. The molecule has 1 aliphatic heterocycles. The van der Waals surface area contributed by atoms with Crippen molar-refractivity contribution in [2.75, 3.05) is 26.9 Å². The third-order valence-corrected chi connectivity index (χ3v) is 7.23. The first-order valence-electron chi connectivity index (χ1n) is 8.12. The number of aryl methyl sites for hydroxylation is 1. The molecule has 1 unspecified atom stereocenters. The molecule has 1 saturated carbocycles. The number of aliphatic hydroxyl groups is 1. The van der Waals surface area contributed by atoms with Gasteiger partial charge in [0.05, 0.1) is 24.4 Å². The first-order valence-corrected chi connectivity index (χ1v) is 9.56. The Morgan fingerprint density at radius 3 is 2.74 bits per heavy atom. The first-order chi connectivity index (χ1) is 10.9. The van der Waals surface area contributed by atoms with Crippen molar-refractivity contribution in [3.8, 4) is 0 Å². The van der Waals surface area contributed by atoms with Crippen LogP contribution in [-0.4, -0.2) is 60.0 Å². The third kappa shape index (κ3) is 2.82. The van der Waals surface area contributed by atoms with Gasteiger partial charge in [0.1, 0.15) is 4.90 Å². The molecule has 0 aromatic carbocycles. The van der Waals surface area contributed by atoms with Crippen molar-refractivity contribution in [1.29, 1.82) is 0 Å². The molecule has 23 heavy (non-hydrogen) atoms. The van der Waals surface area contributed by atoms with Gasteiger partial charge in [-0.1, -0.05) is 12.8 Å². The van der Waals surface area contributed by atoms with Gasteiger partial charge in [-0.25, -0.2) is 8.42 Å². The van der Waals surface area contributed by atoms with Crippen LogP contribution in [0.15, 0.2) is 11.1 Å². The maximum Gasteiger partial charge on any atom is 0.246 e. The van der Waals surface area contributed by atoms with Gasteiger partial charge in [-0.15, -0.1) is 0 Å². The maximum absolute atomic E-state index is 13.2. The number of rotatable bonds is 5. The summed E-state index contributed by atoms with van der Waals surface area (Å²) < 4.78 is 34.6. The lowest BCUT2D eigenvalue weighted by Crippen LogP contribution is -2.52. The van der Waals surface area contributed by atoms with E-state index in [1.165, 1.54) is 11.4 Å². The highest BCUT2D eigenvalue weighted by atomic mass is 32.2. The van der Waals surface area contributed by atoms with Gasteiger partial charge in [0.2, 0.25) is 10.0 Å². The number of sulfonamides is 1. The minimum atomic E-state index is -3.73. The highest BCUT2D eigenvalue weighted by Gasteiger charge is 2.46. The lowest BCUT2D eigenvalue weighted by atomic mass is 10.0. The van der Waals surface area contributed by atoms with E-state index in [-0.39, 0.29) is 24.0 Å². The number of aliphatic hydroxyl groups excluding tert-OH is 1. The average Bonchev–Trinajstić information content (AvgIpc) is 3.26. The standard InChI is InChI=1S/C15H25N3O4S/c1-17-9-13(14(16-17)12-5-3-4-6-12)23(20,21)18(2)15(10-19)7-8-22-11-15/h9,12,19H,3-8,10-11H2,1-2H3. The number of likely N-dealkylation sites (N-methyl/N-ethyl adjacent to an activating group) is 1. The topological polar surface area (TPSA) is 84.7 Å². The van der Waals surface area contributed by atoms with Crippen molar-refractivity contribution in [2.45, 2.75) is 48.5 Å². The van der Waals surface area contributed by atoms with E-state index in [1.54, 1.807) is 17.9 Å². The van der Waals surface area contributed by atoms with E-state index in [2.05, 4.69) is 5.10 Å². The molecule has 2 aliphatic rings. The van der Waals surface area contributed by atoms with E-state index < -0.39 is 15.6 Å². The van der Waals surface area contributed by atoms with E-state index >= 15 is 0 Å². The van der Waals surface area contributed by atoms with Gasteiger partial charge in [-0.2, -0.15) is 9.40 Å².